The van der Waals surface area contributed by atoms with Gasteiger partial charge in [-0.25, -0.2) is 4.79 Å². The average Bonchev–Trinajstić information content (AvgIpc) is 3.61. The van der Waals surface area contributed by atoms with Gasteiger partial charge in [-0.05, 0) is 62.7 Å². The molecule has 6 rings (SSSR count). The molecule has 0 spiro atoms. The Morgan fingerprint density at radius 3 is 2.44 bits per heavy atom. The van der Waals surface area contributed by atoms with E-state index in [1.54, 1.807) is 41.3 Å². The summed E-state index contributed by atoms with van der Waals surface area (Å²) in [5, 5.41) is 4.71. The van der Waals surface area contributed by atoms with E-state index < -0.39 is 41.8 Å². The minimum absolute atomic E-state index is 0.129. The Morgan fingerprint density at radius 1 is 1.02 bits per heavy atom. The fourth-order valence-corrected chi connectivity index (χ4v) is 6.35. The standard InChI is InChI=1S/C35H34Cl2N6O5/c1-35(2,3)48-28-14-20(27(44)16-29(38)45)6-10-24(28)33-41-31(19-4-7-21(36)8-5-19)32(25-17-40-26-15-22(37)9-11-23(25)26)43(33)34(47)42-13-12-39-30(46)18-42/h4-11,14-15,17,31-32,40H,12-13,16,18H2,1-3H3,(H2,38,45)(H,39,46). The number of amidine groups is 1. The van der Waals surface area contributed by atoms with Gasteiger partial charge in [0.05, 0.1) is 18.0 Å². The van der Waals surface area contributed by atoms with E-state index in [1.807, 2.05) is 51.2 Å². The van der Waals surface area contributed by atoms with Crippen LogP contribution in [-0.2, 0) is 9.59 Å². The Bertz CT molecular complexity index is 1970. The lowest BCUT2D eigenvalue weighted by Crippen LogP contribution is -2.55. The van der Waals surface area contributed by atoms with Gasteiger partial charge in [-0.1, -0.05) is 47.5 Å². The molecule has 11 nitrogen and oxygen atoms in total. The number of aromatic amines is 1. The summed E-state index contributed by atoms with van der Waals surface area (Å²) in [6.45, 7) is 6.04. The molecular weight excluding hydrogens is 655 g/mol. The van der Waals surface area contributed by atoms with Crippen molar-refractivity contribution in [2.24, 2.45) is 10.7 Å². The van der Waals surface area contributed by atoms with Gasteiger partial charge in [-0.3, -0.25) is 24.3 Å². The molecular formula is C35H34Cl2N6O5. The zero-order chi connectivity index (χ0) is 34.3. The van der Waals surface area contributed by atoms with Gasteiger partial charge in [0.15, 0.2) is 5.78 Å². The number of nitrogens with zero attached hydrogens (tertiary/aromatic N) is 3. The first-order valence-electron chi connectivity index (χ1n) is 15.4. The molecule has 3 aromatic carbocycles. The number of Topliss-reactive ketones (excluding diaryl/α,β-unsaturated/α-hetero) is 1. The Hall–Kier alpha value is -4.87. The predicted molar refractivity (Wildman–Crippen MR) is 184 cm³/mol. The predicted octanol–water partition coefficient (Wildman–Crippen LogP) is 5.81. The third-order valence-electron chi connectivity index (χ3n) is 8.08. The molecule has 0 bridgehead atoms. The van der Waals surface area contributed by atoms with Crippen LogP contribution in [0.2, 0.25) is 10.0 Å². The molecule has 4 aromatic rings. The lowest BCUT2D eigenvalue weighted by molar-refractivity contribution is -0.123. The summed E-state index contributed by atoms with van der Waals surface area (Å²) in [6, 6.07) is 15.8. The second-order valence-electron chi connectivity index (χ2n) is 12.7. The van der Waals surface area contributed by atoms with Crippen molar-refractivity contribution >= 4 is 63.6 Å². The molecule has 3 heterocycles. The molecule has 2 aliphatic rings. The number of aromatic nitrogens is 1. The maximum atomic E-state index is 14.7. The number of urea groups is 1. The average molecular weight is 690 g/mol. The van der Waals surface area contributed by atoms with E-state index in [0.29, 0.717) is 28.7 Å². The number of H-pyrrole nitrogens is 1. The van der Waals surface area contributed by atoms with E-state index in [0.717, 1.165) is 22.0 Å². The van der Waals surface area contributed by atoms with Crippen molar-refractivity contribution in [3.8, 4) is 5.75 Å². The van der Waals surface area contributed by atoms with E-state index in [4.69, 9.17) is 38.7 Å². The molecule has 1 fully saturated rings. The fraction of sp³-hybridized carbons (Fsp3) is 0.286. The zero-order valence-electron chi connectivity index (χ0n) is 26.6. The summed E-state index contributed by atoms with van der Waals surface area (Å²) >= 11 is 12.6. The molecule has 2 atom stereocenters. The van der Waals surface area contributed by atoms with E-state index in [1.165, 1.54) is 4.90 Å². The number of primary amides is 1. The minimum Gasteiger partial charge on any atom is -0.487 e. The van der Waals surface area contributed by atoms with E-state index in [9.17, 15) is 19.2 Å². The molecule has 248 valence electrons. The SMILES string of the molecule is CC(C)(C)Oc1cc(C(=O)CC(N)=O)ccc1C1=NC(c2ccc(Cl)cc2)C(c2c[nH]c3cc(Cl)ccc23)N1C(=O)N1CCNC(=O)C1. The monoisotopic (exact) mass is 688 g/mol. The number of ketones is 1. The number of fused-ring (bicyclic) bond motifs is 1. The van der Waals surface area contributed by atoms with Gasteiger partial charge in [0.1, 0.15) is 29.8 Å². The first-order chi connectivity index (χ1) is 22.8. The van der Waals surface area contributed by atoms with Crippen LogP contribution in [0.15, 0.2) is 71.9 Å². The van der Waals surface area contributed by atoms with E-state index >= 15 is 0 Å². The lowest BCUT2D eigenvalue weighted by atomic mass is 9.93. The highest BCUT2D eigenvalue weighted by molar-refractivity contribution is 6.31. The summed E-state index contributed by atoms with van der Waals surface area (Å²) in [7, 11) is 0. The van der Waals surface area contributed by atoms with Crippen molar-refractivity contribution in [2.75, 3.05) is 19.6 Å². The summed E-state index contributed by atoms with van der Waals surface area (Å²) in [4.78, 5) is 63.3. The number of nitrogens with one attached hydrogen (secondary N) is 2. The van der Waals surface area contributed by atoms with Gasteiger partial charge in [0.2, 0.25) is 11.8 Å². The molecule has 2 unspecified atom stereocenters. The first kappa shape index (κ1) is 33.0. The van der Waals surface area contributed by atoms with Gasteiger partial charge in [-0.2, -0.15) is 0 Å². The van der Waals surface area contributed by atoms with Crippen LogP contribution >= 0.6 is 23.2 Å². The van der Waals surface area contributed by atoms with Crippen LogP contribution in [-0.4, -0.2) is 69.5 Å². The van der Waals surface area contributed by atoms with Crippen LogP contribution in [0.25, 0.3) is 10.9 Å². The normalized spacial score (nSPS) is 18.1. The molecule has 13 heteroatoms. The highest BCUT2D eigenvalue weighted by Gasteiger charge is 2.46. The number of hydrogen-bond acceptors (Lipinski definition) is 6. The van der Waals surface area contributed by atoms with Crippen LogP contribution in [0.3, 0.4) is 0 Å². The van der Waals surface area contributed by atoms with E-state index in [-0.39, 0.29) is 29.6 Å². The van der Waals surface area contributed by atoms with Gasteiger partial charge < -0.3 is 25.7 Å². The zero-order valence-corrected chi connectivity index (χ0v) is 28.1. The summed E-state index contributed by atoms with van der Waals surface area (Å²) in [5.74, 6) is -0.922. The highest BCUT2D eigenvalue weighted by atomic mass is 35.5. The smallest absolute Gasteiger partial charge is 0.326 e. The third kappa shape index (κ3) is 6.74. The number of hydrogen-bond donors (Lipinski definition) is 3. The summed E-state index contributed by atoms with van der Waals surface area (Å²) in [6.07, 6.45) is 1.37. The molecule has 0 radical (unpaired) electrons. The van der Waals surface area contributed by atoms with Crippen LogP contribution in [0, 0.1) is 0 Å². The van der Waals surface area contributed by atoms with Gasteiger partial charge in [0, 0.05) is 51.4 Å². The number of amides is 4. The number of aliphatic imine (C=N–C) groups is 1. The number of piperazine rings is 1. The summed E-state index contributed by atoms with van der Waals surface area (Å²) < 4.78 is 6.39. The Balaban J connectivity index is 1.58. The van der Waals surface area contributed by atoms with Crippen molar-refractivity contribution in [1.82, 2.24) is 20.1 Å². The molecule has 2 aliphatic heterocycles. The number of benzene rings is 3. The lowest BCUT2D eigenvalue weighted by Gasteiger charge is -2.36. The highest BCUT2D eigenvalue weighted by Crippen LogP contribution is 2.47. The quantitative estimate of drug-likeness (QED) is 0.166. The van der Waals surface area contributed by atoms with Crippen LogP contribution in [0.4, 0.5) is 4.79 Å². The van der Waals surface area contributed by atoms with Crippen LogP contribution in [0.5, 0.6) is 5.75 Å². The molecule has 4 amide bonds. The summed E-state index contributed by atoms with van der Waals surface area (Å²) in [5.41, 5.74) is 7.62. The van der Waals surface area contributed by atoms with E-state index in [2.05, 4.69) is 10.3 Å². The fourth-order valence-electron chi connectivity index (χ4n) is 6.05. The molecule has 0 saturated carbocycles. The van der Waals surface area contributed by atoms with Gasteiger partial charge in [0.25, 0.3) is 0 Å². The maximum absolute atomic E-state index is 14.7. The van der Waals surface area contributed by atoms with Crippen molar-refractivity contribution in [1.29, 1.82) is 0 Å². The molecule has 1 aromatic heterocycles. The molecule has 48 heavy (non-hydrogen) atoms. The molecule has 4 N–H and O–H groups in total. The number of rotatable bonds is 7. The number of halogens is 2. The van der Waals surface area contributed by atoms with Crippen molar-refractivity contribution in [3.63, 3.8) is 0 Å². The number of carbonyl (C=O) groups is 4. The number of ether oxygens (including phenoxy) is 1. The second kappa shape index (κ2) is 13.0. The number of carbonyl (C=O) groups excluding carboxylic acids is 4. The Labute approximate surface area is 287 Å². The first-order valence-corrected chi connectivity index (χ1v) is 16.1. The second-order valence-corrected chi connectivity index (χ2v) is 13.6. The Morgan fingerprint density at radius 2 is 1.75 bits per heavy atom. The maximum Gasteiger partial charge on any atom is 0.326 e. The molecule has 1 saturated heterocycles. The van der Waals surface area contributed by atoms with Gasteiger partial charge >= 0.3 is 6.03 Å². The van der Waals surface area contributed by atoms with Crippen LogP contribution < -0.4 is 15.8 Å². The van der Waals surface area contributed by atoms with Crippen LogP contribution in [0.1, 0.15) is 66.3 Å². The molecule has 0 aliphatic carbocycles. The Kier molecular flexibility index (Phi) is 8.93. The van der Waals surface area contributed by atoms with Crippen molar-refractivity contribution in [3.05, 3.63) is 99.2 Å². The number of nitrogens with two attached hydrogens (primary N) is 1. The topological polar surface area (TPSA) is 150 Å². The third-order valence-corrected chi connectivity index (χ3v) is 8.57. The largest absolute Gasteiger partial charge is 0.487 e. The van der Waals surface area contributed by atoms with Crippen molar-refractivity contribution in [2.45, 2.75) is 44.9 Å². The minimum atomic E-state index is -0.751. The van der Waals surface area contributed by atoms with Crippen molar-refractivity contribution < 1.29 is 23.9 Å². The van der Waals surface area contributed by atoms with Gasteiger partial charge in [-0.15, -0.1) is 0 Å².